The van der Waals surface area contributed by atoms with Crippen LogP contribution in [-0.2, 0) is 11.3 Å². The van der Waals surface area contributed by atoms with Crippen molar-refractivity contribution in [2.75, 3.05) is 5.75 Å². The minimum Gasteiger partial charge on any atom is -0.467 e. The van der Waals surface area contributed by atoms with Crippen LogP contribution < -0.4 is 5.32 Å². The van der Waals surface area contributed by atoms with Crippen LogP contribution in [0.3, 0.4) is 0 Å². The van der Waals surface area contributed by atoms with E-state index in [0.29, 0.717) is 6.54 Å². The number of furan rings is 1. The fourth-order valence-corrected chi connectivity index (χ4v) is 3.73. The number of carbonyl (C=O) groups excluding carboxylic acids is 1. The lowest BCUT2D eigenvalue weighted by atomic mass is 10.1. The van der Waals surface area contributed by atoms with Crippen molar-refractivity contribution in [2.45, 2.75) is 18.5 Å². The van der Waals surface area contributed by atoms with Crippen molar-refractivity contribution in [3.8, 4) is 22.6 Å². The van der Waals surface area contributed by atoms with E-state index in [1.165, 1.54) is 17.3 Å². The quantitative estimate of drug-likeness (QED) is 0.424. The number of aryl methyl sites for hydroxylation is 1. The molecule has 0 saturated heterocycles. The van der Waals surface area contributed by atoms with Gasteiger partial charge in [-0.05, 0) is 19.1 Å². The van der Waals surface area contributed by atoms with Crippen molar-refractivity contribution in [1.82, 2.24) is 15.3 Å². The molecule has 146 valence electrons. The van der Waals surface area contributed by atoms with Crippen LogP contribution in [0.4, 0.5) is 0 Å². The van der Waals surface area contributed by atoms with Gasteiger partial charge in [0.05, 0.1) is 24.3 Å². The summed E-state index contributed by atoms with van der Waals surface area (Å²) < 4.78 is 5.25. The van der Waals surface area contributed by atoms with Crippen molar-refractivity contribution in [3.05, 3.63) is 84.3 Å². The molecule has 0 aliphatic heterocycles. The molecule has 0 saturated carbocycles. The number of rotatable bonds is 7. The van der Waals surface area contributed by atoms with Crippen LogP contribution in [0.5, 0.6) is 0 Å². The molecule has 6 heteroatoms. The highest BCUT2D eigenvalue weighted by Gasteiger charge is 2.15. The van der Waals surface area contributed by atoms with Crippen molar-refractivity contribution in [1.29, 1.82) is 0 Å². The first-order valence-corrected chi connectivity index (χ1v) is 10.3. The minimum atomic E-state index is -0.0645. The Balaban J connectivity index is 1.52. The van der Waals surface area contributed by atoms with Crippen LogP contribution in [0.1, 0.15) is 11.3 Å². The third-order valence-corrected chi connectivity index (χ3v) is 5.41. The van der Waals surface area contributed by atoms with Crippen LogP contribution in [0.25, 0.3) is 22.6 Å². The Kier molecular flexibility index (Phi) is 5.81. The predicted molar refractivity (Wildman–Crippen MR) is 115 cm³/mol. The number of hydrogen-bond donors (Lipinski definition) is 2. The molecule has 4 aromatic rings. The number of carbonyl (C=O) groups is 1. The maximum atomic E-state index is 12.3. The van der Waals surface area contributed by atoms with E-state index in [0.717, 1.165) is 33.4 Å². The molecule has 0 aliphatic rings. The number of amides is 1. The highest BCUT2D eigenvalue weighted by molar-refractivity contribution is 8.00. The molecule has 4 rings (SSSR count). The zero-order valence-corrected chi connectivity index (χ0v) is 16.8. The van der Waals surface area contributed by atoms with Gasteiger partial charge in [0, 0.05) is 11.1 Å². The second-order valence-electron chi connectivity index (χ2n) is 6.64. The lowest BCUT2D eigenvalue weighted by Crippen LogP contribution is -2.24. The standard InChI is InChI=1S/C23H21N3O2S/c1-16-9-11-18(12-10-16)22-25-21(17-6-3-2-4-7-17)23(26-22)29-15-20(27)24-14-19-8-5-13-28-19/h2-13H,14-15H2,1H3,(H,24,27)(H,25,26). The van der Waals surface area contributed by atoms with Crippen LogP contribution in [0, 0.1) is 6.92 Å². The van der Waals surface area contributed by atoms with Crippen molar-refractivity contribution >= 4 is 17.7 Å². The van der Waals surface area contributed by atoms with E-state index in [1.807, 2.05) is 48.5 Å². The van der Waals surface area contributed by atoms with E-state index < -0.39 is 0 Å². The SMILES string of the molecule is Cc1ccc(-c2nc(SCC(=O)NCc3ccco3)c(-c3ccccc3)[nH]2)cc1. The zero-order chi connectivity index (χ0) is 20.1. The molecule has 2 aromatic carbocycles. The summed E-state index contributed by atoms with van der Waals surface area (Å²) in [5, 5.41) is 3.67. The lowest BCUT2D eigenvalue weighted by molar-refractivity contribution is -0.118. The molecular weight excluding hydrogens is 382 g/mol. The van der Waals surface area contributed by atoms with Gasteiger partial charge < -0.3 is 14.7 Å². The third kappa shape index (κ3) is 4.78. The van der Waals surface area contributed by atoms with Gasteiger partial charge in [-0.25, -0.2) is 4.98 Å². The Labute approximate surface area is 173 Å². The molecule has 0 radical (unpaired) electrons. The number of hydrogen-bond acceptors (Lipinski definition) is 4. The maximum absolute atomic E-state index is 12.3. The lowest BCUT2D eigenvalue weighted by Gasteiger charge is -2.04. The van der Waals surface area contributed by atoms with Gasteiger partial charge in [0.1, 0.15) is 16.6 Å². The summed E-state index contributed by atoms with van der Waals surface area (Å²) in [6.07, 6.45) is 1.60. The summed E-state index contributed by atoms with van der Waals surface area (Å²) in [5.41, 5.74) is 4.18. The minimum absolute atomic E-state index is 0.0645. The highest BCUT2D eigenvalue weighted by Crippen LogP contribution is 2.32. The number of nitrogens with zero attached hydrogens (tertiary/aromatic N) is 1. The number of nitrogens with one attached hydrogen (secondary N) is 2. The largest absolute Gasteiger partial charge is 0.467 e. The first-order valence-electron chi connectivity index (χ1n) is 9.33. The second-order valence-corrected chi connectivity index (χ2v) is 7.61. The Morgan fingerprint density at radius 1 is 1.03 bits per heavy atom. The van der Waals surface area contributed by atoms with Crippen molar-refractivity contribution < 1.29 is 9.21 Å². The third-order valence-electron chi connectivity index (χ3n) is 4.44. The second kappa shape index (κ2) is 8.84. The summed E-state index contributed by atoms with van der Waals surface area (Å²) in [7, 11) is 0. The van der Waals surface area contributed by atoms with Crippen molar-refractivity contribution in [2.24, 2.45) is 0 Å². The fraction of sp³-hybridized carbons (Fsp3) is 0.130. The van der Waals surface area contributed by atoms with Gasteiger partial charge in [0.25, 0.3) is 0 Å². The molecule has 0 atom stereocenters. The molecule has 0 aliphatic carbocycles. The molecule has 0 fully saturated rings. The number of H-pyrrole nitrogens is 1. The molecule has 2 heterocycles. The number of aromatic amines is 1. The van der Waals surface area contributed by atoms with E-state index in [1.54, 1.807) is 12.3 Å². The van der Waals surface area contributed by atoms with E-state index >= 15 is 0 Å². The van der Waals surface area contributed by atoms with Gasteiger partial charge >= 0.3 is 0 Å². The molecule has 0 unspecified atom stereocenters. The average Bonchev–Trinajstić information content (AvgIpc) is 3.42. The molecule has 2 N–H and O–H groups in total. The molecular formula is C23H21N3O2S. The first kappa shape index (κ1) is 19.1. The normalized spacial score (nSPS) is 10.8. The summed E-state index contributed by atoms with van der Waals surface area (Å²) in [6, 6.07) is 21.9. The summed E-state index contributed by atoms with van der Waals surface area (Å²) in [5.74, 6) is 1.74. The number of benzene rings is 2. The van der Waals surface area contributed by atoms with E-state index in [9.17, 15) is 4.79 Å². The monoisotopic (exact) mass is 403 g/mol. The first-order chi connectivity index (χ1) is 14.2. The maximum Gasteiger partial charge on any atom is 0.230 e. The van der Waals surface area contributed by atoms with E-state index in [4.69, 9.17) is 9.40 Å². The average molecular weight is 404 g/mol. The molecule has 0 bridgehead atoms. The van der Waals surface area contributed by atoms with E-state index in [-0.39, 0.29) is 11.7 Å². The molecule has 5 nitrogen and oxygen atoms in total. The Hall–Kier alpha value is -3.25. The number of imidazole rings is 1. The van der Waals surface area contributed by atoms with Crippen LogP contribution in [0.2, 0.25) is 0 Å². The number of thioether (sulfide) groups is 1. The molecule has 1 amide bonds. The predicted octanol–water partition coefficient (Wildman–Crippen LogP) is 5.05. The van der Waals surface area contributed by atoms with Gasteiger partial charge in [-0.2, -0.15) is 0 Å². The molecule has 2 aromatic heterocycles. The number of aromatic nitrogens is 2. The summed E-state index contributed by atoms with van der Waals surface area (Å²) in [6.45, 7) is 2.44. The Morgan fingerprint density at radius 3 is 2.55 bits per heavy atom. The zero-order valence-electron chi connectivity index (χ0n) is 16.0. The molecule has 29 heavy (non-hydrogen) atoms. The fourth-order valence-electron chi connectivity index (χ4n) is 2.89. The highest BCUT2D eigenvalue weighted by atomic mass is 32.2. The van der Waals surface area contributed by atoms with Gasteiger partial charge in [0.2, 0.25) is 5.91 Å². The van der Waals surface area contributed by atoms with E-state index in [2.05, 4.69) is 29.4 Å². The van der Waals surface area contributed by atoms with Crippen LogP contribution >= 0.6 is 11.8 Å². The van der Waals surface area contributed by atoms with Gasteiger partial charge in [0.15, 0.2) is 0 Å². The van der Waals surface area contributed by atoms with Crippen LogP contribution in [-0.4, -0.2) is 21.6 Å². The molecule has 0 spiro atoms. The van der Waals surface area contributed by atoms with Crippen LogP contribution in [0.15, 0.2) is 82.4 Å². The van der Waals surface area contributed by atoms with Crippen molar-refractivity contribution in [3.63, 3.8) is 0 Å². The Bertz CT molecular complexity index is 1070. The summed E-state index contributed by atoms with van der Waals surface area (Å²) in [4.78, 5) is 20.5. The topological polar surface area (TPSA) is 70.9 Å². The van der Waals surface area contributed by atoms with Gasteiger partial charge in [-0.3, -0.25) is 4.79 Å². The van der Waals surface area contributed by atoms with Gasteiger partial charge in [-0.1, -0.05) is 71.9 Å². The smallest absolute Gasteiger partial charge is 0.230 e. The summed E-state index contributed by atoms with van der Waals surface area (Å²) >= 11 is 1.42. The van der Waals surface area contributed by atoms with Gasteiger partial charge in [-0.15, -0.1) is 0 Å². The Morgan fingerprint density at radius 2 is 1.83 bits per heavy atom.